The second-order valence-corrected chi connectivity index (χ2v) is 15.7. The molecule has 2 unspecified atom stereocenters. The van der Waals surface area contributed by atoms with Crippen LogP contribution in [0.1, 0.15) is 84.3 Å². The minimum absolute atomic E-state index is 0.133. The summed E-state index contributed by atoms with van der Waals surface area (Å²) in [6.45, 7) is 9.34. The Kier molecular flexibility index (Phi) is 16.6. The molecule has 5 rings (SSSR count). The first-order valence-corrected chi connectivity index (χ1v) is 21.2. The first kappa shape index (κ1) is 46.4. The van der Waals surface area contributed by atoms with E-state index in [-0.39, 0.29) is 56.5 Å². The highest BCUT2D eigenvalue weighted by Crippen LogP contribution is 2.31. The smallest absolute Gasteiger partial charge is 0.326 e. The van der Waals surface area contributed by atoms with E-state index in [2.05, 4.69) is 10.3 Å². The molecule has 62 heavy (non-hydrogen) atoms. The van der Waals surface area contributed by atoms with Gasteiger partial charge in [0.15, 0.2) is 0 Å². The van der Waals surface area contributed by atoms with E-state index in [1.807, 2.05) is 110 Å². The molecular formula is C48H56N6O8. The van der Waals surface area contributed by atoms with Crippen LogP contribution >= 0.6 is 0 Å². The lowest BCUT2D eigenvalue weighted by atomic mass is 9.94. The molecule has 3 atom stereocenters. The molecule has 0 bridgehead atoms. The van der Waals surface area contributed by atoms with Crippen molar-refractivity contribution in [2.45, 2.75) is 98.2 Å². The lowest BCUT2D eigenvalue weighted by Crippen LogP contribution is -2.51. The monoisotopic (exact) mass is 844 g/mol. The van der Waals surface area contributed by atoms with Crippen LogP contribution in [0.3, 0.4) is 0 Å². The highest BCUT2D eigenvalue weighted by Gasteiger charge is 2.34. The third-order valence-electron chi connectivity index (χ3n) is 10.7. The first-order chi connectivity index (χ1) is 29.8. The van der Waals surface area contributed by atoms with Crippen molar-refractivity contribution in [3.8, 4) is 33.6 Å². The van der Waals surface area contributed by atoms with Crippen LogP contribution < -0.4 is 5.01 Å². The van der Waals surface area contributed by atoms with Crippen molar-refractivity contribution in [2.75, 3.05) is 11.6 Å². The number of carboxylic acid groups (broad SMARTS) is 2. The maximum Gasteiger partial charge on any atom is 0.326 e. The van der Waals surface area contributed by atoms with E-state index in [0.29, 0.717) is 12.0 Å². The van der Waals surface area contributed by atoms with Crippen molar-refractivity contribution >= 4 is 29.7 Å². The van der Waals surface area contributed by atoms with Crippen LogP contribution in [0, 0.1) is 11.8 Å². The first-order valence-electron chi connectivity index (χ1n) is 21.2. The molecule has 0 radical (unpaired) electrons. The Balaban J connectivity index is 1.49. The van der Waals surface area contributed by atoms with Crippen molar-refractivity contribution in [3.63, 3.8) is 0 Å². The summed E-state index contributed by atoms with van der Waals surface area (Å²) in [7, 11) is 0. The summed E-state index contributed by atoms with van der Waals surface area (Å²) in [5, 5.41) is 34.3. The maximum atomic E-state index is 14.1. The van der Waals surface area contributed by atoms with Gasteiger partial charge < -0.3 is 19.8 Å². The second-order valence-electron chi connectivity index (χ2n) is 15.7. The average molecular weight is 845 g/mol. The summed E-state index contributed by atoms with van der Waals surface area (Å²) in [5.41, 5.74) is 5.82. The SMILES string of the molecule is CCCCC(=O)N(Cc1ccc(-c2ccccc2-c2nnn(N(C(=O)CCC(=O)O)C(Cc3ccc(-c4ccccc4)cc3)C[C@@H](C)C(=O)OCC)n2)cc1)C(C(=O)O)C(C)C. The van der Waals surface area contributed by atoms with Gasteiger partial charge in [-0.1, -0.05) is 142 Å². The zero-order valence-electron chi connectivity index (χ0n) is 36.0. The number of rotatable bonds is 22. The van der Waals surface area contributed by atoms with E-state index in [0.717, 1.165) is 44.7 Å². The van der Waals surface area contributed by atoms with Gasteiger partial charge in [0.05, 0.1) is 25.0 Å². The predicted molar refractivity (Wildman–Crippen MR) is 235 cm³/mol. The molecule has 0 aliphatic carbocycles. The van der Waals surface area contributed by atoms with Crippen LogP contribution in [-0.2, 0) is 41.7 Å². The molecule has 14 nitrogen and oxygen atoms in total. The lowest BCUT2D eigenvalue weighted by Gasteiger charge is -2.32. The van der Waals surface area contributed by atoms with Crippen LogP contribution in [0.4, 0.5) is 0 Å². The third-order valence-corrected chi connectivity index (χ3v) is 10.7. The van der Waals surface area contributed by atoms with Gasteiger partial charge in [-0.15, -0.1) is 10.2 Å². The molecule has 0 saturated heterocycles. The average Bonchev–Trinajstić information content (AvgIpc) is 3.74. The molecule has 14 heteroatoms. The number of unbranched alkanes of at least 4 members (excludes halogenated alkanes) is 1. The summed E-state index contributed by atoms with van der Waals surface area (Å²) in [4.78, 5) is 66.9. The van der Waals surface area contributed by atoms with Crippen LogP contribution in [0.5, 0.6) is 0 Å². The predicted octanol–water partition coefficient (Wildman–Crippen LogP) is 7.83. The molecule has 0 fully saturated rings. The Bertz CT molecular complexity index is 2280. The van der Waals surface area contributed by atoms with Crippen molar-refractivity contribution in [3.05, 3.63) is 114 Å². The lowest BCUT2D eigenvalue weighted by molar-refractivity contribution is -0.153. The van der Waals surface area contributed by atoms with Crippen molar-refractivity contribution < 1.29 is 38.9 Å². The van der Waals surface area contributed by atoms with Gasteiger partial charge in [-0.3, -0.25) is 19.2 Å². The van der Waals surface area contributed by atoms with E-state index in [9.17, 15) is 34.2 Å². The van der Waals surface area contributed by atoms with Gasteiger partial charge in [0, 0.05) is 24.9 Å². The van der Waals surface area contributed by atoms with E-state index >= 15 is 0 Å². The van der Waals surface area contributed by atoms with Crippen LogP contribution in [0.2, 0.25) is 0 Å². The minimum atomic E-state index is -1.14. The molecule has 0 aliphatic heterocycles. The van der Waals surface area contributed by atoms with Gasteiger partial charge in [0.1, 0.15) is 6.04 Å². The van der Waals surface area contributed by atoms with Crippen molar-refractivity contribution in [1.29, 1.82) is 0 Å². The van der Waals surface area contributed by atoms with E-state index in [1.165, 1.54) is 9.91 Å². The van der Waals surface area contributed by atoms with Crippen molar-refractivity contribution in [2.24, 2.45) is 11.8 Å². The maximum absolute atomic E-state index is 14.1. The molecule has 0 aliphatic rings. The normalized spacial score (nSPS) is 12.6. The number of nitrogens with zero attached hydrogens (tertiary/aromatic N) is 6. The molecule has 1 heterocycles. The summed E-state index contributed by atoms with van der Waals surface area (Å²) in [6.07, 6.45) is 1.40. The molecule has 2 amide bonds. The van der Waals surface area contributed by atoms with Gasteiger partial charge in [-0.05, 0) is 70.7 Å². The molecular weight excluding hydrogens is 789 g/mol. The van der Waals surface area contributed by atoms with E-state index in [1.54, 1.807) is 27.7 Å². The van der Waals surface area contributed by atoms with Crippen LogP contribution in [-0.4, -0.2) is 83.8 Å². The quantitative estimate of drug-likeness (QED) is 0.0647. The Morgan fingerprint density at radius 3 is 1.94 bits per heavy atom. The number of carboxylic acids is 2. The summed E-state index contributed by atoms with van der Waals surface area (Å²) in [6, 6.07) is 31.0. The van der Waals surface area contributed by atoms with Crippen LogP contribution in [0.25, 0.3) is 33.6 Å². The number of esters is 1. The van der Waals surface area contributed by atoms with Crippen LogP contribution in [0.15, 0.2) is 103 Å². The number of hydrogen-bond acceptors (Lipinski definition) is 9. The Hall–Kier alpha value is -6.70. The highest BCUT2D eigenvalue weighted by atomic mass is 16.5. The number of aliphatic carboxylic acids is 2. The summed E-state index contributed by atoms with van der Waals surface area (Å²) >= 11 is 0. The minimum Gasteiger partial charge on any atom is -0.481 e. The van der Waals surface area contributed by atoms with Gasteiger partial charge in [-0.25, -0.2) is 9.80 Å². The Morgan fingerprint density at radius 1 is 0.710 bits per heavy atom. The Morgan fingerprint density at radius 2 is 1.32 bits per heavy atom. The van der Waals surface area contributed by atoms with E-state index in [4.69, 9.17) is 9.84 Å². The topological polar surface area (TPSA) is 185 Å². The number of amides is 2. The fourth-order valence-electron chi connectivity index (χ4n) is 7.49. The molecule has 2 N–H and O–H groups in total. The number of hydrogen-bond donors (Lipinski definition) is 2. The fourth-order valence-corrected chi connectivity index (χ4v) is 7.49. The van der Waals surface area contributed by atoms with Gasteiger partial charge in [0.2, 0.25) is 17.6 Å². The number of carbonyl (C=O) groups is 5. The standard InChI is InChI=1S/C48H56N6O8/c1-6-8-18-42(55)52(45(32(3)4)47(59)60)31-35-21-25-38(26-22-35)40-16-12-13-17-41(40)46-49-51-54(50-46)53(43(56)27-28-44(57)58)39(29-33(5)48(61)62-7-2)30-34-19-23-37(24-20-34)36-14-10-9-11-15-36/h9-17,19-26,32-33,39,45H,6-8,18,27-31H2,1-5H3,(H,57,58)(H,59,60)/t33-,39?,45?/m1/s1. The zero-order chi connectivity index (χ0) is 44.8. The molecule has 0 saturated carbocycles. The molecule has 4 aromatic carbocycles. The molecule has 5 aromatic rings. The number of tetrazole rings is 1. The summed E-state index contributed by atoms with van der Waals surface area (Å²) in [5.74, 6) is -4.12. The third kappa shape index (κ3) is 12.2. The van der Waals surface area contributed by atoms with Crippen molar-refractivity contribution in [1.82, 2.24) is 25.2 Å². The zero-order valence-corrected chi connectivity index (χ0v) is 36.0. The number of benzene rings is 4. The molecule has 0 spiro atoms. The molecule has 326 valence electrons. The molecule has 1 aromatic heterocycles. The fraction of sp³-hybridized carbons (Fsp3) is 0.375. The van der Waals surface area contributed by atoms with E-state index < -0.39 is 48.2 Å². The van der Waals surface area contributed by atoms with Gasteiger partial charge in [-0.2, -0.15) is 0 Å². The summed E-state index contributed by atoms with van der Waals surface area (Å²) < 4.78 is 5.33. The number of ether oxygens (including phenoxy) is 1. The largest absolute Gasteiger partial charge is 0.481 e. The van der Waals surface area contributed by atoms with Gasteiger partial charge in [0.25, 0.3) is 0 Å². The number of aromatic nitrogens is 4. The highest BCUT2D eigenvalue weighted by molar-refractivity contribution is 5.89. The second kappa shape index (κ2) is 22.2. The van der Waals surface area contributed by atoms with Gasteiger partial charge >= 0.3 is 17.9 Å². The Labute approximate surface area is 362 Å². The number of carbonyl (C=O) groups excluding carboxylic acids is 3.